The topological polar surface area (TPSA) is 91.2 Å². The Morgan fingerprint density at radius 2 is 2.00 bits per heavy atom. The van der Waals surface area contributed by atoms with Crippen molar-refractivity contribution in [2.45, 2.75) is 38.2 Å². The third-order valence-electron chi connectivity index (χ3n) is 6.19. The van der Waals surface area contributed by atoms with Gasteiger partial charge in [-0.2, -0.15) is 30.7 Å². The minimum atomic E-state index is -4.51. The number of carbonyl (C=O) groups is 1. The number of benzene rings is 1. The summed E-state index contributed by atoms with van der Waals surface area (Å²) in [5.74, 6) is -1.69. The Labute approximate surface area is 228 Å². The van der Waals surface area contributed by atoms with Crippen molar-refractivity contribution >= 4 is 40.2 Å². The highest BCUT2D eigenvalue weighted by molar-refractivity contribution is 7.11. The molecule has 0 radical (unpaired) electrons. The number of nitrogens with zero attached hydrogens (tertiary/aromatic N) is 4. The van der Waals surface area contributed by atoms with Crippen LogP contribution in [0, 0.1) is 18.7 Å². The number of halogens is 7. The molecule has 2 aliphatic rings. The molecule has 2 unspecified atom stereocenters. The number of anilines is 2. The Balaban J connectivity index is 1.38. The average Bonchev–Trinajstić information content (AvgIpc) is 3.23. The number of rotatable bonds is 7. The summed E-state index contributed by atoms with van der Waals surface area (Å²) >= 11 is 0.902. The summed E-state index contributed by atoms with van der Waals surface area (Å²) in [6.45, 7) is 0.461. The fourth-order valence-corrected chi connectivity index (χ4v) is 5.11. The van der Waals surface area contributed by atoms with E-state index in [1.165, 1.54) is 17.0 Å². The van der Waals surface area contributed by atoms with Gasteiger partial charge in [0.05, 0.1) is 37.2 Å². The highest BCUT2D eigenvalue weighted by Crippen LogP contribution is 2.29. The van der Waals surface area contributed by atoms with Crippen LogP contribution in [-0.4, -0.2) is 78.4 Å². The van der Waals surface area contributed by atoms with Crippen molar-refractivity contribution in [3.8, 4) is 5.75 Å². The molecule has 40 heavy (non-hydrogen) atoms. The fourth-order valence-electron chi connectivity index (χ4n) is 4.31. The largest absolute Gasteiger partial charge is 0.490 e. The highest BCUT2D eigenvalue weighted by atomic mass is 32.1. The molecule has 0 aliphatic carbocycles. The van der Waals surface area contributed by atoms with Crippen LogP contribution in [0.15, 0.2) is 28.2 Å². The van der Waals surface area contributed by atoms with E-state index in [1.54, 1.807) is 6.92 Å². The van der Waals surface area contributed by atoms with Gasteiger partial charge in [-0.1, -0.05) is 0 Å². The molecule has 1 aromatic carbocycles. The first kappa shape index (κ1) is 29.7. The predicted octanol–water partition coefficient (Wildman–Crippen LogP) is 5.32. The van der Waals surface area contributed by atoms with E-state index in [0.717, 1.165) is 23.8 Å². The lowest BCUT2D eigenvalue weighted by atomic mass is 9.99. The van der Waals surface area contributed by atoms with E-state index < -0.39 is 43.2 Å². The maximum atomic E-state index is 14.4. The minimum Gasteiger partial charge on any atom is -0.490 e. The van der Waals surface area contributed by atoms with Gasteiger partial charge in [-0.3, -0.25) is 19.7 Å². The van der Waals surface area contributed by atoms with Gasteiger partial charge in [0.1, 0.15) is 10.8 Å². The van der Waals surface area contributed by atoms with Gasteiger partial charge in [-0.15, -0.1) is 0 Å². The van der Waals surface area contributed by atoms with Crippen molar-refractivity contribution in [2.75, 3.05) is 43.4 Å². The fraction of sp³-hybridized carbons (Fsp3) is 0.500. The smallest absolute Gasteiger partial charge is 0.412 e. The lowest BCUT2D eigenvalue weighted by molar-refractivity contribution is -0.150. The zero-order chi connectivity index (χ0) is 29.1. The zero-order valence-electron chi connectivity index (χ0n) is 21.1. The van der Waals surface area contributed by atoms with Crippen molar-refractivity contribution in [3.63, 3.8) is 0 Å². The van der Waals surface area contributed by atoms with Crippen LogP contribution in [-0.2, 0) is 0 Å². The molecule has 4 rings (SSSR count). The molecular weight excluding hydrogens is 569 g/mol. The van der Waals surface area contributed by atoms with Crippen molar-refractivity contribution in [2.24, 2.45) is 15.9 Å². The summed E-state index contributed by atoms with van der Waals surface area (Å²) in [6.07, 6.45) is -6.68. The van der Waals surface area contributed by atoms with Gasteiger partial charge in [0.15, 0.2) is 17.6 Å². The maximum Gasteiger partial charge on any atom is 0.412 e. The molecule has 2 N–H and O–H groups in total. The number of likely N-dealkylation sites (tertiary alicyclic amines) is 1. The van der Waals surface area contributed by atoms with Gasteiger partial charge in [-0.25, -0.2) is 4.39 Å². The van der Waals surface area contributed by atoms with Crippen LogP contribution in [0.3, 0.4) is 0 Å². The molecule has 218 valence electrons. The summed E-state index contributed by atoms with van der Waals surface area (Å²) in [6, 6.07) is 1.73. The molecule has 2 aromatic rings. The molecule has 1 aromatic heterocycles. The number of hydrogen-bond acceptors (Lipinski definition) is 8. The number of hydrogen-bond donors (Lipinski definition) is 2. The van der Waals surface area contributed by atoms with Crippen LogP contribution in [0.2, 0.25) is 0 Å². The SMILES string of the molecule is Cc1nsc(NC2=NCC(C(F)(F)F)N=C2)c1C(=O)Nc1ccc(F)c(OCC2CCCN(CC(F)(F)F)C2)c1. The Kier molecular flexibility index (Phi) is 8.97. The van der Waals surface area contributed by atoms with Crippen molar-refractivity contribution in [1.82, 2.24) is 9.27 Å². The third kappa shape index (κ3) is 7.90. The summed E-state index contributed by atoms with van der Waals surface area (Å²) in [7, 11) is 0. The zero-order valence-corrected chi connectivity index (χ0v) is 21.9. The monoisotopic (exact) mass is 594 g/mol. The second-order valence-corrected chi connectivity index (χ2v) is 10.2. The maximum absolute atomic E-state index is 14.4. The Morgan fingerprint density at radius 3 is 2.67 bits per heavy atom. The third-order valence-corrected chi connectivity index (χ3v) is 7.04. The number of aromatic nitrogens is 1. The number of aliphatic imine (C=N–C) groups is 2. The number of alkyl halides is 6. The van der Waals surface area contributed by atoms with Gasteiger partial charge in [-0.05, 0) is 50.0 Å². The highest BCUT2D eigenvalue weighted by Gasteiger charge is 2.40. The van der Waals surface area contributed by atoms with Crippen LogP contribution >= 0.6 is 11.5 Å². The van der Waals surface area contributed by atoms with E-state index in [9.17, 15) is 35.5 Å². The van der Waals surface area contributed by atoms with Crippen LogP contribution in [0.1, 0.15) is 28.9 Å². The van der Waals surface area contributed by atoms with Crippen LogP contribution in [0.25, 0.3) is 0 Å². The molecule has 0 saturated carbocycles. The van der Waals surface area contributed by atoms with Crippen molar-refractivity contribution in [1.29, 1.82) is 0 Å². The molecule has 0 bridgehead atoms. The van der Waals surface area contributed by atoms with Gasteiger partial charge < -0.3 is 15.4 Å². The quantitative estimate of drug-likeness (QED) is 0.424. The normalized spacial score (nSPS) is 20.2. The van der Waals surface area contributed by atoms with Gasteiger partial charge in [0, 0.05) is 24.2 Å². The predicted molar refractivity (Wildman–Crippen MR) is 136 cm³/mol. The Morgan fingerprint density at radius 1 is 1.23 bits per heavy atom. The van der Waals surface area contributed by atoms with Crippen LogP contribution in [0.4, 0.5) is 41.4 Å². The summed E-state index contributed by atoms with van der Waals surface area (Å²) in [5, 5.41) is 5.61. The molecule has 1 amide bonds. The number of aryl methyl sites for hydroxylation is 1. The van der Waals surface area contributed by atoms with Crippen molar-refractivity contribution in [3.05, 3.63) is 35.3 Å². The molecule has 2 atom stereocenters. The number of carbonyl (C=O) groups excluding carboxylic acids is 1. The standard InChI is InChI=1S/C24H25F7N6O2S/c1-13-20(22(40-36-13)35-19-9-32-18(8-33-19)24(29,30)31)21(38)34-15-4-5-16(25)17(7-15)39-11-14-3-2-6-37(10-14)12-23(26,27)28/h4-5,7,9,14,18H,2-3,6,8,10-12H2,1H3,(H,33,35)(H,34,38). The first-order chi connectivity index (χ1) is 18.8. The van der Waals surface area contributed by atoms with E-state index in [-0.39, 0.29) is 46.9 Å². The molecule has 3 heterocycles. The summed E-state index contributed by atoms with van der Waals surface area (Å²) < 4.78 is 101. The summed E-state index contributed by atoms with van der Waals surface area (Å²) in [5.41, 5.74) is 0.633. The second kappa shape index (κ2) is 12.1. The molecule has 16 heteroatoms. The number of amides is 1. The molecule has 2 aliphatic heterocycles. The summed E-state index contributed by atoms with van der Waals surface area (Å²) in [4.78, 5) is 21.6. The molecular formula is C24H25F7N6O2S. The molecule has 1 fully saturated rings. The number of amidine groups is 1. The van der Waals surface area contributed by atoms with Gasteiger partial charge in [0.25, 0.3) is 5.91 Å². The van der Waals surface area contributed by atoms with E-state index in [4.69, 9.17) is 4.74 Å². The Hall–Kier alpha value is -3.27. The van der Waals surface area contributed by atoms with Gasteiger partial charge in [0.2, 0.25) is 0 Å². The van der Waals surface area contributed by atoms with Crippen LogP contribution < -0.4 is 15.4 Å². The van der Waals surface area contributed by atoms with E-state index in [2.05, 4.69) is 25.0 Å². The average molecular weight is 595 g/mol. The number of ether oxygens (including phenoxy) is 1. The second-order valence-electron chi connectivity index (χ2n) is 9.43. The van der Waals surface area contributed by atoms with E-state index >= 15 is 0 Å². The van der Waals surface area contributed by atoms with Crippen molar-refractivity contribution < 1.29 is 40.3 Å². The first-order valence-corrected chi connectivity index (χ1v) is 13.0. The molecule has 0 spiro atoms. The minimum absolute atomic E-state index is 0.00314. The lowest BCUT2D eigenvalue weighted by Crippen LogP contribution is -2.42. The number of nitrogens with one attached hydrogen (secondary N) is 2. The van der Waals surface area contributed by atoms with E-state index in [1.807, 2.05) is 0 Å². The molecule has 1 saturated heterocycles. The Bertz CT molecular complexity index is 1280. The first-order valence-electron chi connectivity index (χ1n) is 12.2. The van der Waals surface area contributed by atoms with Crippen LogP contribution in [0.5, 0.6) is 5.75 Å². The lowest BCUT2D eigenvalue weighted by Gasteiger charge is -2.33. The number of piperidine rings is 1. The molecule has 8 nitrogen and oxygen atoms in total. The van der Waals surface area contributed by atoms with Gasteiger partial charge >= 0.3 is 12.4 Å². The van der Waals surface area contributed by atoms with E-state index in [0.29, 0.717) is 25.1 Å².